The zero-order valence-electron chi connectivity index (χ0n) is 7.48. The van der Waals surface area contributed by atoms with Crippen molar-refractivity contribution in [1.29, 1.82) is 0 Å². The molecule has 1 aromatic rings. The van der Waals surface area contributed by atoms with Crippen molar-refractivity contribution in [2.45, 2.75) is 6.04 Å². The van der Waals surface area contributed by atoms with Crippen LogP contribution < -0.4 is 5.32 Å². The molecule has 0 saturated heterocycles. The largest absolute Gasteiger partial charge is 0.479 e. The van der Waals surface area contributed by atoms with E-state index in [0.717, 1.165) is 0 Å². The van der Waals surface area contributed by atoms with Crippen molar-refractivity contribution in [3.8, 4) is 0 Å². The Morgan fingerprint density at radius 2 is 1.73 bits per heavy atom. The van der Waals surface area contributed by atoms with E-state index in [2.05, 4.69) is 0 Å². The molecule has 0 radical (unpaired) electrons. The van der Waals surface area contributed by atoms with Crippen molar-refractivity contribution in [3.05, 3.63) is 34.9 Å². The molecule has 0 aromatic heterocycles. The Morgan fingerprint density at radius 3 is 2.13 bits per heavy atom. The number of carbonyl (C=O) groups is 2. The molecule has 1 unspecified atom stereocenters. The zero-order valence-corrected chi connectivity index (χ0v) is 8.23. The van der Waals surface area contributed by atoms with Crippen LogP contribution in [0.2, 0.25) is 5.02 Å². The van der Waals surface area contributed by atoms with Gasteiger partial charge in [-0.05, 0) is 17.7 Å². The van der Waals surface area contributed by atoms with Crippen LogP contribution in [0.1, 0.15) is 11.6 Å². The molecule has 0 aliphatic rings. The van der Waals surface area contributed by atoms with Crippen molar-refractivity contribution in [1.82, 2.24) is 5.32 Å². The Kier molecular flexibility index (Phi) is 3.51. The average molecular weight is 230 g/mol. The van der Waals surface area contributed by atoms with E-state index >= 15 is 0 Å². The van der Waals surface area contributed by atoms with E-state index in [1.165, 1.54) is 24.3 Å². The minimum Gasteiger partial charge on any atom is -0.479 e. The molecule has 1 rings (SSSR count). The third-order valence-corrected chi connectivity index (χ3v) is 1.97. The van der Waals surface area contributed by atoms with E-state index in [0.29, 0.717) is 10.6 Å². The molecule has 6 heteroatoms. The number of hydrogen-bond donors (Lipinski definition) is 3. The predicted molar refractivity (Wildman–Crippen MR) is 53.0 cm³/mol. The van der Waals surface area contributed by atoms with E-state index in [1.807, 2.05) is 5.32 Å². The second kappa shape index (κ2) is 4.65. The maximum absolute atomic E-state index is 10.8. The van der Waals surface area contributed by atoms with Crippen LogP contribution in [0, 0.1) is 0 Å². The SMILES string of the molecule is O=C(O)NC(C(=O)O)c1ccc(Cl)cc1. The lowest BCUT2D eigenvalue weighted by Gasteiger charge is -2.12. The highest BCUT2D eigenvalue weighted by Crippen LogP contribution is 2.16. The van der Waals surface area contributed by atoms with Gasteiger partial charge in [-0.3, -0.25) is 0 Å². The van der Waals surface area contributed by atoms with Gasteiger partial charge in [0.15, 0.2) is 6.04 Å². The van der Waals surface area contributed by atoms with Gasteiger partial charge in [-0.15, -0.1) is 0 Å². The van der Waals surface area contributed by atoms with Crippen LogP contribution >= 0.6 is 11.6 Å². The number of benzene rings is 1. The van der Waals surface area contributed by atoms with Gasteiger partial charge in [-0.25, -0.2) is 9.59 Å². The first kappa shape index (κ1) is 11.3. The summed E-state index contributed by atoms with van der Waals surface area (Å²) in [6, 6.07) is 4.63. The molecule has 0 aliphatic heterocycles. The first-order valence-corrected chi connectivity index (χ1v) is 4.36. The third-order valence-electron chi connectivity index (χ3n) is 1.72. The quantitative estimate of drug-likeness (QED) is 0.737. The van der Waals surface area contributed by atoms with Crippen LogP contribution in [-0.4, -0.2) is 22.3 Å². The lowest BCUT2D eigenvalue weighted by atomic mass is 10.1. The molecule has 80 valence electrons. The molecule has 0 saturated carbocycles. The Hall–Kier alpha value is -1.75. The highest BCUT2D eigenvalue weighted by Gasteiger charge is 2.21. The smallest absolute Gasteiger partial charge is 0.405 e. The summed E-state index contributed by atoms with van der Waals surface area (Å²) in [5.74, 6) is -1.26. The summed E-state index contributed by atoms with van der Waals surface area (Å²) in [4.78, 5) is 21.1. The molecule has 0 fully saturated rings. The van der Waals surface area contributed by atoms with E-state index < -0.39 is 18.1 Å². The Bertz CT molecular complexity index is 376. The molecule has 0 spiro atoms. The lowest BCUT2D eigenvalue weighted by molar-refractivity contribution is -0.139. The van der Waals surface area contributed by atoms with Gasteiger partial charge in [0.1, 0.15) is 0 Å². The van der Waals surface area contributed by atoms with Gasteiger partial charge in [0, 0.05) is 5.02 Å². The topological polar surface area (TPSA) is 86.6 Å². The summed E-state index contributed by atoms with van der Waals surface area (Å²) in [6.07, 6.45) is -1.39. The van der Waals surface area contributed by atoms with E-state index in [4.69, 9.17) is 21.8 Å². The summed E-state index contributed by atoms with van der Waals surface area (Å²) in [6.45, 7) is 0. The first-order valence-electron chi connectivity index (χ1n) is 3.98. The van der Waals surface area contributed by atoms with Gasteiger partial charge in [0.05, 0.1) is 0 Å². The van der Waals surface area contributed by atoms with Gasteiger partial charge in [0.2, 0.25) is 0 Å². The standard InChI is InChI=1S/C9H8ClNO4/c10-6-3-1-5(2-4-6)7(8(12)13)11-9(14)15/h1-4,7,11H,(H,12,13)(H,14,15). The second-order valence-corrected chi connectivity index (χ2v) is 3.21. The molecule has 15 heavy (non-hydrogen) atoms. The molecule has 1 amide bonds. The summed E-state index contributed by atoms with van der Waals surface area (Å²) in [7, 11) is 0. The molecule has 0 bridgehead atoms. The van der Waals surface area contributed by atoms with Crippen LogP contribution in [0.5, 0.6) is 0 Å². The molecular formula is C9H8ClNO4. The Morgan fingerprint density at radius 1 is 1.20 bits per heavy atom. The fraction of sp³-hybridized carbons (Fsp3) is 0.111. The van der Waals surface area contributed by atoms with Crippen molar-refractivity contribution in [2.75, 3.05) is 0 Å². The van der Waals surface area contributed by atoms with Gasteiger partial charge < -0.3 is 15.5 Å². The molecule has 3 N–H and O–H groups in total. The van der Waals surface area contributed by atoms with Crippen LogP contribution in [0.3, 0.4) is 0 Å². The van der Waals surface area contributed by atoms with Crippen molar-refractivity contribution in [2.24, 2.45) is 0 Å². The summed E-state index contributed by atoms with van der Waals surface area (Å²) in [5.41, 5.74) is 0.328. The van der Waals surface area contributed by atoms with Crippen LogP contribution in [-0.2, 0) is 4.79 Å². The second-order valence-electron chi connectivity index (χ2n) is 2.77. The maximum atomic E-state index is 10.8. The number of amides is 1. The minimum atomic E-state index is -1.39. The third kappa shape index (κ3) is 3.14. The van der Waals surface area contributed by atoms with Crippen molar-refractivity contribution in [3.63, 3.8) is 0 Å². The monoisotopic (exact) mass is 229 g/mol. The average Bonchev–Trinajstić information content (AvgIpc) is 2.15. The van der Waals surface area contributed by atoms with Crippen molar-refractivity contribution >= 4 is 23.7 Å². The summed E-state index contributed by atoms with van der Waals surface area (Å²) >= 11 is 5.62. The maximum Gasteiger partial charge on any atom is 0.405 e. The molecule has 0 aliphatic carbocycles. The predicted octanol–water partition coefficient (Wildman–Crippen LogP) is 1.73. The number of hydrogen-bond acceptors (Lipinski definition) is 2. The number of aliphatic carboxylic acids is 1. The van der Waals surface area contributed by atoms with E-state index in [-0.39, 0.29) is 0 Å². The highest BCUT2D eigenvalue weighted by atomic mass is 35.5. The normalized spacial score (nSPS) is 11.8. The molecule has 0 heterocycles. The first-order chi connectivity index (χ1) is 7.00. The van der Waals surface area contributed by atoms with Gasteiger partial charge in [-0.2, -0.15) is 0 Å². The van der Waals surface area contributed by atoms with Crippen molar-refractivity contribution < 1.29 is 19.8 Å². The van der Waals surface area contributed by atoms with E-state index in [9.17, 15) is 9.59 Å². The Balaban J connectivity index is 2.94. The highest BCUT2D eigenvalue weighted by molar-refractivity contribution is 6.30. The Labute approximate surface area is 90.3 Å². The summed E-state index contributed by atoms with van der Waals surface area (Å²) in [5, 5.41) is 19.6. The number of carboxylic acids is 1. The summed E-state index contributed by atoms with van der Waals surface area (Å²) < 4.78 is 0. The van der Waals surface area contributed by atoms with Gasteiger partial charge >= 0.3 is 12.1 Å². The van der Waals surface area contributed by atoms with Crippen LogP contribution in [0.25, 0.3) is 0 Å². The van der Waals surface area contributed by atoms with Crippen LogP contribution in [0.4, 0.5) is 4.79 Å². The number of halogens is 1. The molecule has 1 atom stereocenters. The lowest BCUT2D eigenvalue weighted by Crippen LogP contribution is -2.32. The minimum absolute atomic E-state index is 0.328. The molecule has 1 aromatic carbocycles. The number of carboxylic acid groups (broad SMARTS) is 2. The molecule has 5 nitrogen and oxygen atoms in total. The molecular weight excluding hydrogens is 222 g/mol. The number of nitrogens with one attached hydrogen (secondary N) is 1. The fourth-order valence-corrected chi connectivity index (χ4v) is 1.19. The van der Waals surface area contributed by atoms with Gasteiger partial charge in [0.25, 0.3) is 0 Å². The number of rotatable bonds is 3. The fourth-order valence-electron chi connectivity index (χ4n) is 1.07. The van der Waals surface area contributed by atoms with E-state index in [1.54, 1.807) is 0 Å². The van der Waals surface area contributed by atoms with Crippen LogP contribution in [0.15, 0.2) is 24.3 Å². The van der Waals surface area contributed by atoms with Gasteiger partial charge in [-0.1, -0.05) is 23.7 Å². The zero-order chi connectivity index (χ0) is 11.4.